The minimum Gasteiger partial charge on any atom is -0.497 e. The SMILES string of the molecule is COc1cc(C)c(S(=O)(=O)N2CCCCC2COCC(=O)N2CCC3=C(CCS3)C2c2ccccc2C)c(C)c1. The van der Waals surface area contributed by atoms with Crippen molar-refractivity contribution in [1.82, 2.24) is 9.21 Å². The molecule has 3 aliphatic heterocycles. The number of aryl methyl sites for hydroxylation is 3. The van der Waals surface area contributed by atoms with Crippen LogP contribution in [-0.4, -0.2) is 68.7 Å². The van der Waals surface area contributed by atoms with E-state index in [-0.39, 0.29) is 31.2 Å². The van der Waals surface area contributed by atoms with E-state index in [0.717, 1.165) is 31.4 Å². The highest BCUT2D eigenvalue weighted by molar-refractivity contribution is 8.03. The maximum atomic E-state index is 13.9. The molecular weight excluding hydrogens is 544 g/mol. The highest BCUT2D eigenvalue weighted by Crippen LogP contribution is 2.47. The summed E-state index contributed by atoms with van der Waals surface area (Å²) in [5.41, 5.74) is 5.07. The lowest BCUT2D eigenvalue weighted by Crippen LogP contribution is -2.47. The van der Waals surface area contributed by atoms with Crippen molar-refractivity contribution in [2.75, 3.05) is 39.2 Å². The molecule has 0 saturated carbocycles. The molecule has 2 aromatic rings. The summed E-state index contributed by atoms with van der Waals surface area (Å²) in [7, 11) is -2.15. The summed E-state index contributed by atoms with van der Waals surface area (Å²) in [6.07, 6.45) is 4.35. The van der Waals surface area contributed by atoms with Crippen LogP contribution >= 0.6 is 11.8 Å². The maximum absolute atomic E-state index is 13.9. The van der Waals surface area contributed by atoms with Crippen molar-refractivity contribution < 1.29 is 22.7 Å². The predicted octanol–water partition coefficient (Wildman–Crippen LogP) is 5.54. The minimum absolute atomic E-state index is 0.0382. The molecule has 0 radical (unpaired) electrons. The van der Waals surface area contributed by atoms with E-state index in [1.807, 2.05) is 42.6 Å². The Morgan fingerprint density at radius 1 is 1.02 bits per heavy atom. The lowest BCUT2D eigenvalue weighted by atomic mass is 9.89. The monoisotopic (exact) mass is 584 g/mol. The standard InChI is InChI=1S/C31H40N2O5S2/c1-21-9-5-6-11-26(21)30-27-13-16-39-28(27)12-15-32(30)29(34)20-38-19-24-10-7-8-14-33(24)40(35,36)31-22(2)17-25(37-4)18-23(31)3/h5-6,9,11,17-18,24,30H,7-8,10,12-16,19-20H2,1-4H3. The van der Waals surface area contributed by atoms with E-state index >= 15 is 0 Å². The van der Waals surface area contributed by atoms with Crippen molar-refractivity contribution in [3.05, 3.63) is 69.1 Å². The molecule has 0 spiro atoms. The van der Waals surface area contributed by atoms with Gasteiger partial charge in [0.2, 0.25) is 15.9 Å². The topological polar surface area (TPSA) is 76.1 Å². The number of benzene rings is 2. The van der Waals surface area contributed by atoms with Crippen molar-refractivity contribution in [3.63, 3.8) is 0 Å². The summed E-state index contributed by atoms with van der Waals surface area (Å²) in [6, 6.07) is 11.5. The molecule has 0 aliphatic carbocycles. The summed E-state index contributed by atoms with van der Waals surface area (Å²) in [5.74, 6) is 1.68. The van der Waals surface area contributed by atoms with Crippen LogP contribution in [0.1, 0.15) is 60.4 Å². The molecule has 2 unspecified atom stereocenters. The number of piperidine rings is 1. The Hall–Kier alpha value is -2.33. The van der Waals surface area contributed by atoms with Gasteiger partial charge in [-0.25, -0.2) is 8.42 Å². The fraction of sp³-hybridized carbons (Fsp3) is 0.516. The molecule has 9 heteroatoms. The number of ether oxygens (including phenoxy) is 2. The summed E-state index contributed by atoms with van der Waals surface area (Å²) >= 11 is 1.93. The molecule has 3 aliphatic rings. The molecule has 7 nitrogen and oxygen atoms in total. The Labute approximate surface area is 243 Å². The molecule has 1 fully saturated rings. The van der Waals surface area contributed by atoms with Gasteiger partial charge in [0, 0.05) is 24.9 Å². The third-order valence-corrected chi connectivity index (χ3v) is 11.9. The van der Waals surface area contributed by atoms with E-state index in [9.17, 15) is 13.2 Å². The van der Waals surface area contributed by atoms with Crippen LogP contribution < -0.4 is 4.74 Å². The molecule has 0 bridgehead atoms. The smallest absolute Gasteiger partial charge is 0.249 e. The molecule has 0 aromatic heterocycles. The fourth-order valence-electron chi connectivity index (χ4n) is 6.47. The number of carbonyl (C=O) groups excluding carboxylic acids is 1. The summed E-state index contributed by atoms with van der Waals surface area (Å²) in [5, 5.41) is 0. The van der Waals surface area contributed by atoms with Crippen LogP contribution in [0.4, 0.5) is 0 Å². The van der Waals surface area contributed by atoms with Gasteiger partial charge >= 0.3 is 0 Å². The number of hydrogen-bond donors (Lipinski definition) is 0. The maximum Gasteiger partial charge on any atom is 0.249 e. The quantitative estimate of drug-likeness (QED) is 0.405. The van der Waals surface area contributed by atoms with Gasteiger partial charge in [0.05, 0.1) is 24.7 Å². The molecular formula is C31H40N2O5S2. The zero-order valence-electron chi connectivity index (χ0n) is 23.9. The first-order valence-electron chi connectivity index (χ1n) is 14.2. The van der Waals surface area contributed by atoms with Gasteiger partial charge in [-0.1, -0.05) is 30.7 Å². The number of hydrogen-bond acceptors (Lipinski definition) is 6. The van der Waals surface area contributed by atoms with Gasteiger partial charge in [0.15, 0.2) is 0 Å². The summed E-state index contributed by atoms with van der Waals surface area (Å²) in [4.78, 5) is 17.4. The minimum atomic E-state index is -3.73. The molecule has 2 atom stereocenters. The number of methoxy groups -OCH3 is 1. The Morgan fingerprint density at radius 2 is 1.77 bits per heavy atom. The lowest BCUT2D eigenvalue weighted by Gasteiger charge is -2.38. The number of sulfonamides is 1. The molecule has 3 heterocycles. The zero-order chi connectivity index (χ0) is 28.4. The molecule has 1 saturated heterocycles. The van der Waals surface area contributed by atoms with Crippen LogP contribution in [-0.2, 0) is 19.6 Å². The van der Waals surface area contributed by atoms with E-state index in [0.29, 0.717) is 41.3 Å². The number of rotatable bonds is 8. The van der Waals surface area contributed by atoms with Crippen LogP contribution in [0.5, 0.6) is 5.75 Å². The van der Waals surface area contributed by atoms with Gasteiger partial charge in [-0.15, -0.1) is 11.8 Å². The first-order valence-corrected chi connectivity index (χ1v) is 16.6. The molecule has 1 amide bonds. The van der Waals surface area contributed by atoms with Crippen LogP contribution in [0.25, 0.3) is 0 Å². The Morgan fingerprint density at radius 3 is 2.50 bits per heavy atom. The third kappa shape index (κ3) is 5.71. The first-order chi connectivity index (χ1) is 19.2. The Balaban J connectivity index is 1.30. The number of nitrogens with zero attached hydrogens (tertiary/aromatic N) is 2. The van der Waals surface area contributed by atoms with E-state index in [1.54, 1.807) is 23.5 Å². The van der Waals surface area contributed by atoms with E-state index in [4.69, 9.17) is 9.47 Å². The van der Waals surface area contributed by atoms with Crippen LogP contribution in [0.15, 0.2) is 51.8 Å². The van der Waals surface area contributed by atoms with Crippen molar-refractivity contribution in [3.8, 4) is 5.75 Å². The fourth-order valence-corrected chi connectivity index (χ4v) is 9.77. The second-order valence-electron chi connectivity index (χ2n) is 11.0. The second kappa shape index (κ2) is 12.3. The van der Waals surface area contributed by atoms with Gasteiger partial charge in [-0.05, 0) is 91.3 Å². The van der Waals surface area contributed by atoms with Crippen molar-refractivity contribution in [2.45, 2.75) is 69.9 Å². The molecule has 216 valence electrons. The van der Waals surface area contributed by atoms with Crippen molar-refractivity contribution in [2.24, 2.45) is 0 Å². The van der Waals surface area contributed by atoms with E-state index in [2.05, 4.69) is 19.1 Å². The number of thioether (sulfide) groups is 1. The van der Waals surface area contributed by atoms with Gasteiger partial charge < -0.3 is 14.4 Å². The molecule has 5 rings (SSSR count). The van der Waals surface area contributed by atoms with Gasteiger partial charge in [-0.3, -0.25) is 4.79 Å². The molecule has 2 aromatic carbocycles. The van der Waals surface area contributed by atoms with Gasteiger partial charge in [-0.2, -0.15) is 4.31 Å². The van der Waals surface area contributed by atoms with Crippen LogP contribution in [0.3, 0.4) is 0 Å². The van der Waals surface area contributed by atoms with Crippen LogP contribution in [0, 0.1) is 20.8 Å². The predicted molar refractivity (Wildman–Crippen MR) is 159 cm³/mol. The average Bonchev–Trinajstić information content (AvgIpc) is 3.41. The Bertz CT molecular complexity index is 1380. The average molecular weight is 585 g/mol. The third-order valence-electron chi connectivity index (χ3n) is 8.38. The van der Waals surface area contributed by atoms with E-state index in [1.165, 1.54) is 21.6 Å². The lowest BCUT2D eigenvalue weighted by molar-refractivity contribution is -0.138. The second-order valence-corrected chi connectivity index (χ2v) is 14.0. The Kier molecular flexibility index (Phi) is 8.95. The highest BCUT2D eigenvalue weighted by Gasteiger charge is 2.38. The molecule has 40 heavy (non-hydrogen) atoms. The van der Waals surface area contributed by atoms with Gasteiger partial charge in [0.1, 0.15) is 12.4 Å². The highest BCUT2D eigenvalue weighted by atomic mass is 32.2. The normalized spacial score (nSPS) is 21.9. The largest absolute Gasteiger partial charge is 0.497 e. The van der Waals surface area contributed by atoms with E-state index < -0.39 is 10.0 Å². The number of carbonyl (C=O) groups is 1. The summed E-state index contributed by atoms with van der Waals surface area (Å²) < 4.78 is 40.7. The first kappa shape index (κ1) is 29.2. The molecule has 0 N–H and O–H groups in total. The van der Waals surface area contributed by atoms with Gasteiger partial charge in [0.25, 0.3) is 0 Å². The van der Waals surface area contributed by atoms with Crippen molar-refractivity contribution >= 4 is 27.7 Å². The summed E-state index contributed by atoms with van der Waals surface area (Å²) in [6.45, 7) is 7.00. The van der Waals surface area contributed by atoms with Crippen LogP contribution in [0.2, 0.25) is 0 Å². The number of amides is 1. The van der Waals surface area contributed by atoms with Crippen molar-refractivity contribution in [1.29, 1.82) is 0 Å². The zero-order valence-corrected chi connectivity index (χ0v) is 25.6.